The Balaban J connectivity index is 3.07. The fraction of sp³-hybridized carbons (Fsp3) is 0.0909. The molecule has 0 fully saturated rings. The standard InChI is InChI=1S/C11H10O7S3/c1-6-2-8-9(11(3-6)21(16,17)18)4-7(20(13,14)15)5-10(8)19-12/h2-5,12H,1H3,(H,13,14,15)(H,16,17,18). The van der Waals surface area contributed by atoms with E-state index in [1.165, 1.54) is 6.07 Å². The van der Waals surface area contributed by atoms with Gasteiger partial charge in [-0.2, -0.15) is 16.8 Å². The second-order valence-electron chi connectivity index (χ2n) is 4.32. The lowest BCUT2D eigenvalue weighted by Crippen LogP contribution is -2.03. The molecule has 0 atom stereocenters. The topological polar surface area (TPSA) is 129 Å². The summed E-state index contributed by atoms with van der Waals surface area (Å²) in [7, 11) is -9.21. The minimum Gasteiger partial charge on any atom is -0.325 e. The van der Waals surface area contributed by atoms with Crippen LogP contribution in [0.1, 0.15) is 5.56 Å². The Labute approximate surface area is 125 Å². The molecule has 0 aromatic heterocycles. The van der Waals surface area contributed by atoms with Crippen LogP contribution in [0.5, 0.6) is 0 Å². The molecule has 0 heterocycles. The van der Waals surface area contributed by atoms with Crippen molar-refractivity contribution in [3.8, 4) is 0 Å². The first kappa shape index (κ1) is 16.2. The van der Waals surface area contributed by atoms with Gasteiger partial charge in [0, 0.05) is 22.3 Å². The normalized spacial score (nSPS) is 12.8. The second-order valence-corrected chi connectivity index (χ2v) is 7.75. The van der Waals surface area contributed by atoms with Gasteiger partial charge in [0.2, 0.25) is 0 Å². The van der Waals surface area contributed by atoms with Gasteiger partial charge in [-0.1, -0.05) is 6.07 Å². The summed E-state index contributed by atoms with van der Waals surface area (Å²) in [6.45, 7) is 1.58. The van der Waals surface area contributed by atoms with Crippen molar-refractivity contribution in [2.24, 2.45) is 0 Å². The fourth-order valence-electron chi connectivity index (χ4n) is 1.95. The van der Waals surface area contributed by atoms with E-state index < -0.39 is 30.0 Å². The quantitative estimate of drug-likeness (QED) is 0.567. The van der Waals surface area contributed by atoms with Gasteiger partial charge in [-0.15, -0.1) is 0 Å². The van der Waals surface area contributed by atoms with E-state index in [9.17, 15) is 25.9 Å². The maximum absolute atomic E-state index is 11.4. The van der Waals surface area contributed by atoms with Crippen LogP contribution in [-0.4, -0.2) is 30.5 Å². The third-order valence-electron chi connectivity index (χ3n) is 2.79. The molecule has 0 spiro atoms. The number of hydrogen-bond donors (Lipinski definition) is 3. The zero-order valence-corrected chi connectivity index (χ0v) is 13.0. The second kappa shape index (κ2) is 5.23. The smallest absolute Gasteiger partial charge is 0.295 e. The van der Waals surface area contributed by atoms with Crippen molar-refractivity contribution < 1.29 is 30.5 Å². The lowest BCUT2D eigenvalue weighted by molar-refractivity contribution is 0.480. The van der Waals surface area contributed by atoms with Crippen LogP contribution in [0.3, 0.4) is 0 Å². The van der Waals surface area contributed by atoms with Crippen LogP contribution in [0.25, 0.3) is 10.8 Å². The zero-order chi connectivity index (χ0) is 16.0. The Kier molecular flexibility index (Phi) is 4.04. The van der Waals surface area contributed by atoms with E-state index in [2.05, 4.69) is 0 Å². The largest absolute Gasteiger partial charge is 0.325 e. The van der Waals surface area contributed by atoms with Crippen LogP contribution >= 0.6 is 12.0 Å². The first-order valence-electron chi connectivity index (χ1n) is 5.39. The highest BCUT2D eigenvalue weighted by molar-refractivity contribution is 7.94. The Hall–Kier alpha value is -1.17. The van der Waals surface area contributed by atoms with Crippen LogP contribution in [0.4, 0.5) is 0 Å². The third kappa shape index (κ3) is 3.20. The van der Waals surface area contributed by atoms with E-state index >= 15 is 0 Å². The van der Waals surface area contributed by atoms with Gasteiger partial charge in [0.15, 0.2) is 0 Å². The molecule has 0 saturated heterocycles. The molecular weight excluding hydrogens is 340 g/mol. The molecule has 0 unspecified atom stereocenters. The molecule has 3 N–H and O–H groups in total. The van der Waals surface area contributed by atoms with Crippen molar-refractivity contribution in [1.29, 1.82) is 0 Å². The summed E-state index contributed by atoms with van der Waals surface area (Å²) in [5.41, 5.74) is 0.491. The van der Waals surface area contributed by atoms with Crippen LogP contribution in [0.2, 0.25) is 0 Å². The van der Waals surface area contributed by atoms with Crippen molar-refractivity contribution in [3.63, 3.8) is 0 Å². The van der Waals surface area contributed by atoms with E-state index in [-0.39, 0.29) is 27.7 Å². The monoisotopic (exact) mass is 350 g/mol. The maximum Gasteiger partial charge on any atom is 0.295 e. The summed E-state index contributed by atoms with van der Waals surface area (Å²) < 4.78 is 72.9. The Morgan fingerprint density at radius 1 is 0.905 bits per heavy atom. The van der Waals surface area contributed by atoms with Gasteiger partial charge < -0.3 is 4.55 Å². The first-order chi connectivity index (χ1) is 9.54. The lowest BCUT2D eigenvalue weighted by atomic mass is 10.1. The van der Waals surface area contributed by atoms with Crippen molar-refractivity contribution in [2.45, 2.75) is 21.6 Å². The highest BCUT2D eigenvalue weighted by atomic mass is 32.2. The van der Waals surface area contributed by atoms with Gasteiger partial charge in [-0.3, -0.25) is 9.11 Å². The summed E-state index contributed by atoms with van der Waals surface area (Å²) in [6, 6.07) is 4.62. The Morgan fingerprint density at radius 2 is 1.52 bits per heavy atom. The molecule has 0 amide bonds. The highest BCUT2D eigenvalue weighted by Crippen LogP contribution is 2.34. The third-order valence-corrected chi connectivity index (χ3v) is 5.05. The number of rotatable bonds is 3. The summed E-state index contributed by atoms with van der Waals surface area (Å²) in [4.78, 5) is -1.05. The minimum atomic E-state index is -4.61. The van der Waals surface area contributed by atoms with Gasteiger partial charge in [-0.05, 0) is 36.1 Å². The van der Waals surface area contributed by atoms with Gasteiger partial charge in [0.1, 0.15) is 4.90 Å². The van der Waals surface area contributed by atoms with Gasteiger partial charge in [-0.25, -0.2) is 0 Å². The molecule has 0 aliphatic rings. The maximum atomic E-state index is 11.4. The number of fused-ring (bicyclic) bond motifs is 1. The van der Waals surface area contributed by atoms with E-state index in [4.69, 9.17) is 4.55 Å². The van der Waals surface area contributed by atoms with Gasteiger partial charge in [0.05, 0.1) is 4.90 Å². The molecule has 114 valence electrons. The molecule has 21 heavy (non-hydrogen) atoms. The zero-order valence-electron chi connectivity index (χ0n) is 10.5. The molecule has 2 aromatic carbocycles. The molecule has 10 heteroatoms. The lowest BCUT2D eigenvalue weighted by Gasteiger charge is -2.10. The molecule has 7 nitrogen and oxygen atoms in total. The van der Waals surface area contributed by atoms with Crippen molar-refractivity contribution in [2.75, 3.05) is 0 Å². The van der Waals surface area contributed by atoms with E-state index in [1.54, 1.807) is 6.92 Å². The summed E-state index contributed by atoms with van der Waals surface area (Å²) >= 11 is 0.205. The predicted molar refractivity (Wildman–Crippen MR) is 76.8 cm³/mol. The molecule has 0 aliphatic heterocycles. The van der Waals surface area contributed by atoms with Crippen molar-refractivity contribution in [1.82, 2.24) is 0 Å². The molecule has 0 bridgehead atoms. The highest BCUT2D eigenvalue weighted by Gasteiger charge is 2.20. The fourth-order valence-corrected chi connectivity index (χ4v) is 3.78. The van der Waals surface area contributed by atoms with Crippen LogP contribution in [0.15, 0.2) is 39.0 Å². The van der Waals surface area contributed by atoms with Crippen LogP contribution < -0.4 is 0 Å². The Bertz CT molecular complexity index is 930. The SMILES string of the molecule is Cc1cc(S(=O)(=O)O)c2cc(S(=O)(=O)O)cc(SO)c2c1. The van der Waals surface area contributed by atoms with Crippen molar-refractivity contribution in [3.05, 3.63) is 29.8 Å². The number of benzene rings is 2. The van der Waals surface area contributed by atoms with E-state index in [0.29, 0.717) is 5.56 Å². The van der Waals surface area contributed by atoms with Gasteiger partial charge >= 0.3 is 0 Å². The van der Waals surface area contributed by atoms with Crippen LogP contribution in [0, 0.1) is 6.92 Å². The van der Waals surface area contributed by atoms with E-state index in [1.807, 2.05) is 0 Å². The minimum absolute atomic E-state index is 0.0359. The molecule has 0 aliphatic carbocycles. The van der Waals surface area contributed by atoms with Gasteiger partial charge in [0.25, 0.3) is 20.2 Å². The average Bonchev–Trinajstić information content (AvgIpc) is 2.34. The Morgan fingerprint density at radius 3 is 2.00 bits per heavy atom. The molecule has 2 aromatic rings. The number of aryl methyl sites for hydroxylation is 1. The van der Waals surface area contributed by atoms with Crippen molar-refractivity contribution >= 4 is 43.1 Å². The molecular formula is C11H10O7S3. The summed E-state index contributed by atoms with van der Waals surface area (Å²) in [5.74, 6) is 0. The average molecular weight is 350 g/mol. The van der Waals surface area contributed by atoms with E-state index in [0.717, 1.165) is 18.2 Å². The molecule has 0 saturated carbocycles. The first-order valence-corrected chi connectivity index (χ1v) is 9.04. The summed E-state index contributed by atoms with van der Waals surface area (Å²) in [6.07, 6.45) is 0. The summed E-state index contributed by atoms with van der Waals surface area (Å²) in [5, 5.41) is 0.123. The molecule has 2 rings (SSSR count). The number of hydrogen-bond acceptors (Lipinski definition) is 6. The van der Waals surface area contributed by atoms with Crippen LogP contribution in [-0.2, 0) is 20.2 Å². The predicted octanol–water partition coefficient (Wildman–Crippen LogP) is 2.21. The molecule has 0 radical (unpaired) electrons.